The number of nitrogens with one attached hydrogen (secondary N) is 1. The van der Waals surface area contributed by atoms with Crippen molar-refractivity contribution in [3.63, 3.8) is 0 Å². The van der Waals surface area contributed by atoms with Gasteiger partial charge in [0.1, 0.15) is 11.3 Å². The molecule has 2 saturated carbocycles. The van der Waals surface area contributed by atoms with E-state index in [-0.39, 0.29) is 35.7 Å². The van der Waals surface area contributed by atoms with E-state index in [0.29, 0.717) is 31.0 Å². The molecule has 10 nitrogen and oxygen atoms in total. The average molecular weight is 486 g/mol. The standard InChI is InChI=1S/C25H35N5O5/c1-24(4-5-24)35-23(33)29-9-6-25(7-10-29)13-18(14-25)3-2-12-34-21-16-27-19(15-28-21)22(32)30-11-8-26-20(31)17-30/h15-16,18H,2-14,17H2,1H3,(H,26,31). The van der Waals surface area contributed by atoms with Gasteiger partial charge in [0.15, 0.2) is 0 Å². The number of carbonyl (C=O) groups excluding carboxylic acids is 3. The molecule has 3 heterocycles. The van der Waals surface area contributed by atoms with E-state index in [9.17, 15) is 14.4 Å². The van der Waals surface area contributed by atoms with Crippen LogP contribution in [-0.2, 0) is 9.53 Å². The number of likely N-dealkylation sites (tertiary alicyclic amines) is 1. The normalized spacial score (nSPS) is 22.8. The number of piperazine rings is 1. The predicted octanol–water partition coefficient (Wildman–Crippen LogP) is 2.39. The summed E-state index contributed by atoms with van der Waals surface area (Å²) in [5.41, 5.74) is 0.426. The number of hydrogen-bond donors (Lipinski definition) is 1. The summed E-state index contributed by atoms with van der Waals surface area (Å²) in [4.78, 5) is 48.0. The Balaban J connectivity index is 0.967. The molecule has 0 radical (unpaired) electrons. The predicted molar refractivity (Wildman–Crippen MR) is 126 cm³/mol. The van der Waals surface area contributed by atoms with Crippen molar-refractivity contribution in [3.05, 3.63) is 18.1 Å². The van der Waals surface area contributed by atoms with Gasteiger partial charge in [-0.3, -0.25) is 9.59 Å². The van der Waals surface area contributed by atoms with Crippen molar-refractivity contribution in [1.82, 2.24) is 25.1 Å². The van der Waals surface area contributed by atoms with Crippen molar-refractivity contribution in [2.24, 2.45) is 11.3 Å². The first kappa shape index (κ1) is 23.8. The van der Waals surface area contributed by atoms with Crippen LogP contribution in [0.4, 0.5) is 4.79 Å². The van der Waals surface area contributed by atoms with Crippen LogP contribution in [0.25, 0.3) is 0 Å². The minimum atomic E-state index is -0.294. The molecular weight excluding hydrogens is 450 g/mol. The molecule has 190 valence electrons. The Morgan fingerprint density at radius 2 is 1.86 bits per heavy atom. The SMILES string of the molecule is CC1(OC(=O)N2CCC3(CC2)CC(CCCOc2cnc(C(=O)N4CCNC(=O)C4)cn2)C3)CC1. The fraction of sp³-hybridized carbons (Fsp3) is 0.720. The zero-order valence-corrected chi connectivity index (χ0v) is 20.5. The monoisotopic (exact) mass is 485 g/mol. The van der Waals surface area contributed by atoms with Gasteiger partial charge >= 0.3 is 6.09 Å². The summed E-state index contributed by atoms with van der Waals surface area (Å²) in [5.74, 6) is 0.666. The zero-order valence-electron chi connectivity index (χ0n) is 20.5. The van der Waals surface area contributed by atoms with Gasteiger partial charge in [-0.1, -0.05) is 0 Å². The maximum absolute atomic E-state index is 12.4. The number of rotatable bonds is 7. The summed E-state index contributed by atoms with van der Waals surface area (Å²) in [6, 6.07) is 0. The molecule has 0 bridgehead atoms. The first-order chi connectivity index (χ1) is 16.8. The van der Waals surface area contributed by atoms with Crippen molar-refractivity contribution in [1.29, 1.82) is 0 Å². The second-order valence-corrected chi connectivity index (χ2v) is 10.9. The van der Waals surface area contributed by atoms with Crippen molar-refractivity contribution in [3.8, 4) is 5.88 Å². The van der Waals surface area contributed by atoms with Gasteiger partial charge in [-0.15, -0.1) is 0 Å². The van der Waals surface area contributed by atoms with E-state index in [0.717, 1.165) is 57.5 Å². The van der Waals surface area contributed by atoms with Crippen LogP contribution in [-0.4, -0.2) is 82.6 Å². The Morgan fingerprint density at radius 1 is 1.09 bits per heavy atom. The second kappa shape index (κ2) is 9.62. The van der Waals surface area contributed by atoms with Crippen molar-refractivity contribution >= 4 is 17.9 Å². The Hall–Kier alpha value is -2.91. The third kappa shape index (κ3) is 5.67. The Labute approximate surface area is 205 Å². The molecule has 0 unspecified atom stereocenters. The molecule has 1 spiro atoms. The van der Waals surface area contributed by atoms with Gasteiger partial charge in [0.25, 0.3) is 5.91 Å². The van der Waals surface area contributed by atoms with Crippen LogP contribution in [0.2, 0.25) is 0 Å². The fourth-order valence-corrected chi connectivity index (χ4v) is 5.52. The first-order valence-corrected chi connectivity index (χ1v) is 12.8. The maximum atomic E-state index is 12.4. The van der Waals surface area contributed by atoms with Crippen LogP contribution in [0.1, 0.15) is 68.8 Å². The highest BCUT2D eigenvalue weighted by Gasteiger charge is 2.47. The second-order valence-electron chi connectivity index (χ2n) is 10.9. The van der Waals surface area contributed by atoms with Crippen LogP contribution in [0.15, 0.2) is 12.4 Å². The number of amides is 3. The van der Waals surface area contributed by atoms with Gasteiger partial charge in [-0.2, -0.15) is 0 Å². The highest BCUT2D eigenvalue weighted by molar-refractivity contribution is 5.95. The van der Waals surface area contributed by atoms with Gasteiger partial charge in [0, 0.05) is 26.2 Å². The number of carbonyl (C=O) groups is 3. The van der Waals surface area contributed by atoms with Crippen LogP contribution in [0.3, 0.4) is 0 Å². The summed E-state index contributed by atoms with van der Waals surface area (Å²) in [5, 5.41) is 2.70. The summed E-state index contributed by atoms with van der Waals surface area (Å²) in [6.07, 6.45) is 11.4. The van der Waals surface area contributed by atoms with Crippen molar-refractivity contribution in [2.75, 3.05) is 39.3 Å². The summed E-state index contributed by atoms with van der Waals surface area (Å²) in [6.45, 7) is 5.17. The first-order valence-electron chi connectivity index (χ1n) is 12.8. The molecule has 5 rings (SSSR count). The van der Waals surface area contributed by atoms with E-state index in [1.165, 1.54) is 30.1 Å². The Bertz CT molecular complexity index is 947. The fourth-order valence-electron chi connectivity index (χ4n) is 5.52. The number of ether oxygens (including phenoxy) is 2. The highest BCUT2D eigenvalue weighted by Crippen LogP contribution is 2.54. The van der Waals surface area contributed by atoms with Gasteiger partial charge in [0.2, 0.25) is 11.8 Å². The quantitative estimate of drug-likeness (QED) is 0.590. The van der Waals surface area contributed by atoms with Crippen LogP contribution in [0.5, 0.6) is 5.88 Å². The van der Waals surface area contributed by atoms with Crippen molar-refractivity contribution < 1.29 is 23.9 Å². The molecule has 4 fully saturated rings. The molecule has 0 aromatic carbocycles. The lowest BCUT2D eigenvalue weighted by Gasteiger charge is -2.52. The van der Waals surface area contributed by atoms with E-state index < -0.39 is 0 Å². The average Bonchev–Trinajstić information content (AvgIpc) is 3.57. The van der Waals surface area contributed by atoms with Crippen LogP contribution in [0, 0.1) is 11.3 Å². The maximum Gasteiger partial charge on any atom is 0.410 e. The van der Waals surface area contributed by atoms with E-state index in [1.807, 2.05) is 11.8 Å². The molecule has 2 saturated heterocycles. The molecule has 2 aliphatic carbocycles. The summed E-state index contributed by atoms with van der Waals surface area (Å²) < 4.78 is 11.3. The van der Waals surface area contributed by atoms with E-state index in [4.69, 9.17) is 9.47 Å². The zero-order chi connectivity index (χ0) is 24.5. The summed E-state index contributed by atoms with van der Waals surface area (Å²) in [7, 11) is 0. The summed E-state index contributed by atoms with van der Waals surface area (Å²) >= 11 is 0. The van der Waals surface area contributed by atoms with E-state index in [1.54, 1.807) is 0 Å². The molecule has 1 aromatic rings. The van der Waals surface area contributed by atoms with E-state index >= 15 is 0 Å². The number of aromatic nitrogens is 2. The smallest absolute Gasteiger partial charge is 0.410 e. The lowest BCUT2D eigenvalue weighted by Crippen LogP contribution is -2.50. The molecule has 3 amide bonds. The van der Waals surface area contributed by atoms with E-state index in [2.05, 4.69) is 15.3 Å². The molecule has 35 heavy (non-hydrogen) atoms. The minimum Gasteiger partial charge on any atom is -0.477 e. The van der Waals surface area contributed by atoms with Gasteiger partial charge in [-0.25, -0.2) is 14.8 Å². The largest absolute Gasteiger partial charge is 0.477 e. The Kier molecular flexibility index (Phi) is 6.55. The molecule has 10 heteroatoms. The van der Waals surface area contributed by atoms with Gasteiger partial charge in [-0.05, 0) is 69.6 Å². The third-order valence-electron chi connectivity index (χ3n) is 7.99. The van der Waals surface area contributed by atoms with Crippen molar-refractivity contribution in [2.45, 2.75) is 63.9 Å². The number of hydrogen-bond acceptors (Lipinski definition) is 7. The molecule has 2 aliphatic heterocycles. The molecule has 1 N–H and O–H groups in total. The lowest BCUT2D eigenvalue weighted by molar-refractivity contribution is -0.123. The number of piperidine rings is 1. The molecular formula is C25H35N5O5. The topological polar surface area (TPSA) is 114 Å². The molecule has 1 aromatic heterocycles. The third-order valence-corrected chi connectivity index (χ3v) is 7.99. The highest BCUT2D eigenvalue weighted by atomic mass is 16.6. The van der Waals surface area contributed by atoms with Crippen LogP contribution < -0.4 is 10.1 Å². The lowest BCUT2D eigenvalue weighted by atomic mass is 9.56. The molecule has 0 atom stereocenters. The Morgan fingerprint density at radius 3 is 2.51 bits per heavy atom. The van der Waals surface area contributed by atoms with Gasteiger partial charge in [0.05, 0.1) is 25.5 Å². The van der Waals surface area contributed by atoms with Gasteiger partial charge < -0.3 is 24.6 Å². The van der Waals surface area contributed by atoms with Crippen LogP contribution >= 0.6 is 0 Å². The minimum absolute atomic E-state index is 0.0471. The number of nitrogens with zero attached hydrogens (tertiary/aromatic N) is 4. The molecule has 4 aliphatic rings.